The molecule has 36 heavy (non-hydrogen) atoms. The molecule has 0 aliphatic carbocycles. The van der Waals surface area contributed by atoms with Gasteiger partial charge in [0.25, 0.3) is 5.56 Å². The fourth-order valence-electron chi connectivity index (χ4n) is 3.59. The largest absolute Gasteiger partial charge is 0.462 e. The topological polar surface area (TPSA) is 138 Å². The monoisotopic (exact) mass is 527 g/mol. The predicted octanol–water partition coefficient (Wildman–Crippen LogP) is 2.73. The van der Waals surface area contributed by atoms with Crippen LogP contribution in [0.5, 0.6) is 5.75 Å². The van der Waals surface area contributed by atoms with E-state index in [9.17, 15) is 18.9 Å². The van der Waals surface area contributed by atoms with Crippen LogP contribution < -0.4 is 21.1 Å². The van der Waals surface area contributed by atoms with Crippen LogP contribution in [0.1, 0.15) is 40.3 Å². The first-order valence-corrected chi connectivity index (χ1v) is 13.2. The van der Waals surface area contributed by atoms with Crippen molar-refractivity contribution in [1.29, 1.82) is 0 Å². The first kappa shape index (κ1) is 27.8. The third kappa shape index (κ3) is 7.36. The summed E-state index contributed by atoms with van der Waals surface area (Å²) in [5.74, 6) is -0.252. The second kappa shape index (κ2) is 11.5. The van der Waals surface area contributed by atoms with Crippen LogP contribution >= 0.6 is 7.60 Å². The molecule has 2 heterocycles. The van der Waals surface area contributed by atoms with Crippen LogP contribution in [0.25, 0.3) is 0 Å². The molecule has 0 bridgehead atoms. The number of halogens is 1. The second-order valence-electron chi connectivity index (χ2n) is 8.99. The van der Waals surface area contributed by atoms with Crippen molar-refractivity contribution in [2.45, 2.75) is 64.3 Å². The molecule has 0 spiro atoms. The number of carbonyl (C=O) groups excluding carboxylic acids is 1. The summed E-state index contributed by atoms with van der Waals surface area (Å²) in [6.07, 6.45) is -1.87. The minimum absolute atomic E-state index is 0.168. The SMILES string of the molecule is CC(C)OC(=O)[C@H](C)NCP(=O)(OC[C@@H]1C[C@](C)(F)[C@H](n2ccc(=O)[nH]c2=O)O1)Oc1ccccc1. The summed E-state index contributed by atoms with van der Waals surface area (Å²) >= 11 is 0. The van der Waals surface area contributed by atoms with E-state index in [-0.39, 0.29) is 31.2 Å². The Bertz CT molecular complexity index is 1200. The molecule has 1 aromatic heterocycles. The molecule has 0 radical (unpaired) electrons. The lowest BCUT2D eigenvalue weighted by Crippen LogP contribution is -2.38. The normalized spacial score (nSPS) is 24.3. The molecule has 5 atom stereocenters. The van der Waals surface area contributed by atoms with Gasteiger partial charge >= 0.3 is 19.3 Å². The summed E-state index contributed by atoms with van der Waals surface area (Å²) in [6, 6.07) is 8.62. The molecule has 0 saturated carbocycles. The molecule has 198 valence electrons. The maximum absolute atomic E-state index is 15.3. The molecular weight excluding hydrogens is 496 g/mol. The molecular formula is C23H31FN3O8P. The van der Waals surface area contributed by atoms with Gasteiger partial charge in [0.15, 0.2) is 11.9 Å². The highest BCUT2D eigenvalue weighted by Crippen LogP contribution is 2.49. The van der Waals surface area contributed by atoms with Gasteiger partial charge in [-0.05, 0) is 39.8 Å². The van der Waals surface area contributed by atoms with Crippen LogP contribution in [0.15, 0.2) is 52.2 Å². The smallest absolute Gasteiger partial charge is 0.393 e. The van der Waals surface area contributed by atoms with Gasteiger partial charge in [0.1, 0.15) is 18.1 Å². The zero-order valence-corrected chi connectivity index (χ0v) is 21.4. The van der Waals surface area contributed by atoms with E-state index in [1.165, 1.54) is 6.92 Å². The van der Waals surface area contributed by atoms with E-state index in [1.807, 2.05) is 0 Å². The summed E-state index contributed by atoms with van der Waals surface area (Å²) in [4.78, 5) is 37.7. The first-order chi connectivity index (χ1) is 16.9. The summed E-state index contributed by atoms with van der Waals surface area (Å²) in [7, 11) is -3.91. The molecule has 13 heteroatoms. The molecule has 2 N–H and O–H groups in total. The van der Waals surface area contributed by atoms with Crippen LogP contribution in [0.4, 0.5) is 4.39 Å². The number of H-pyrrole nitrogens is 1. The molecule has 1 aliphatic heterocycles. The number of ether oxygens (including phenoxy) is 2. The molecule has 1 aliphatic rings. The van der Waals surface area contributed by atoms with E-state index in [0.717, 1.165) is 16.8 Å². The first-order valence-electron chi connectivity index (χ1n) is 11.5. The number of nitrogens with one attached hydrogen (secondary N) is 2. The molecule has 1 unspecified atom stereocenters. The van der Waals surface area contributed by atoms with E-state index < -0.39 is 48.9 Å². The minimum atomic E-state index is -3.91. The van der Waals surface area contributed by atoms with Crippen molar-refractivity contribution < 1.29 is 32.3 Å². The number of para-hydroxylation sites is 1. The van der Waals surface area contributed by atoms with E-state index in [0.29, 0.717) is 0 Å². The van der Waals surface area contributed by atoms with Crippen molar-refractivity contribution in [3.8, 4) is 5.75 Å². The molecule has 2 aromatic rings. The number of nitrogens with zero attached hydrogens (tertiary/aromatic N) is 1. The van der Waals surface area contributed by atoms with Crippen LogP contribution in [-0.4, -0.2) is 52.3 Å². The second-order valence-corrected chi connectivity index (χ2v) is 11.0. The molecule has 1 saturated heterocycles. The van der Waals surface area contributed by atoms with Crippen molar-refractivity contribution in [3.05, 3.63) is 63.4 Å². The lowest BCUT2D eigenvalue weighted by molar-refractivity contribution is -0.149. The number of hydrogen-bond donors (Lipinski definition) is 2. The molecule has 3 rings (SSSR count). The zero-order valence-electron chi connectivity index (χ0n) is 20.5. The van der Waals surface area contributed by atoms with Crippen LogP contribution in [0, 0.1) is 0 Å². The lowest BCUT2D eigenvalue weighted by Gasteiger charge is -2.23. The number of benzene rings is 1. The van der Waals surface area contributed by atoms with Gasteiger partial charge < -0.3 is 14.0 Å². The zero-order chi connectivity index (χ0) is 26.5. The average Bonchev–Trinajstić information content (AvgIpc) is 3.10. The van der Waals surface area contributed by atoms with Gasteiger partial charge in [-0.2, -0.15) is 0 Å². The summed E-state index contributed by atoms with van der Waals surface area (Å²) in [5.41, 5.74) is -3.41. The fourth-order valence-corrected chi connectivity index (χ4v) is 5.14. The van der Waals surface area contributed by atoms with Crippen LogP contribution in [0.2, 0.25) is 0 Å². The van der Waals surface area contributed by atoms with E-state index in [4.69, 9.17) is 18.5 Å². The predicted molar refractivity (Wildman–Crippen MR) is 129 cm³/mol. The van der Waals surface area contributed by atoms with Crippen LogP contribution in [0.3, 0.4) is 0 Å². The Morgan fingerprint density at radius 1 is 1.28 bits per heavy atom. The Balaban J connectivity index is 1.71. The van der Waals surface area contributed by atoms with Gasteiger partial charge in [-0.25, -0.2) is 13.8 Å². The van der Waals surface area contributed by atoms with Gasteiger partial charge in [0.2, 0.25) is 0 Å². The fraction of sp³-hybridized carbons (Fsp3) is 0.522. The van der Waals surface area contributed by atoms with Crippen LogP contribution in [-0.2, 0) is 23.4 Å². The maximum Gasteiger partial charge on any atom is 0.393 e. The number of alkyl halides is 1. The third-order valence-corrected chi connectivity index (χ3v) is 6.91. The highest BCUT2D eigenvalue weighted by Gasteiger charge is 2.48. The average molecular weight is 527 g/mol. The minimum Gasteiger partial charge on any atom is -0.462 e. The van der Waals surface area contributed by atoms with Crippen molar-refractivity contribution in [2.24, 2.45) is 0 Å². The van der Waals surface area contributed by atoms with Crippen molar-refractivity contribution in [2.75, 3.05) is 12.9 Å². The Kier molecular flexibility index (Phi) is 8.89. The molecule has 1 aromatic carbocycles. The Labute approximate surface area is 207 Å². The van der Waals surface area contributed by atoms with Gasteiger partial charge in [-0.3, -0.25) is 29.0 Å². The quantitative estimate of drug-likeness (QED) is 0.334. The van der Waals surface area contributed by atoms with Gasteiger partial charge in [0, 0.05) is 18.7 Å². The Hall–Kier alpha value is -2.79. The van der Waals surface area contributed by atoms with Crippen molar-refractivity contribution >= 4 is 13.6 Å². The van der Waals surface area contributed by atoms with Crippen molar-refractivity contribution in [3.63, 3.8) is 0 Å². The Morgan fingerprint density at radius 2 is 1.97 bits per heavy atom. The van der Waals surface area contributed by atoms with Gasteiger partial charge in [-0.15, -0.1) is 0 Å². The standard InChI is InChI=1S/C23H31FN3O8P/c1-15(2)33-20(29)16(3)25-14-36(31,35-17-8-6-5-7-9-17)32-13-18-12-23(4,24)21(34-18)27-11-10-19(28)26-22(27)30/h5-11,15-16,18,21,25H,12-14H2,1-4H3,(H,26,28,30)/t16-,18-,21+,23-,36?/m0/s1. The van der Waals surface area contributed by atoms with E-state index in [2.05, 4.69) is 10.3 Å². The number of aromatic amines is 1. The Morgan fingerprint density at radius 3 is 2.61 bits per heavy atom. The van der Waals surface area contributed by atoms with Gasteiger partial charge in [0.05, 0.1) is 18.8 Å². The van der Waals surface area contributed by atoms with Crippen molar-refractivity contribution in [1.82, 2.24) is 14.9 Å². The number of aromatic nitrogens is 2. The molecule has 1 fully saturated rings. The lowest BCUT2D eigenvalue weighted by atomic mass is 10.0. The maximum atomic E-state index is 15.3. The number of esters is 1. The highest BCUT2D eigenvalue weighted by molar-refractivity contribution is 7.54. The summed E-state index contributed by atoms with van der Waals surface area (Å²) in [5, 5.41) is 2.81. The third-order valence-electron chi connectivity index (χ3n) is 5.31. The van der Waals surface area contributed by atoms with E-state index in [1.54, 1.807) is 51.1 Å². The molecule has 11 nitrogen and oxygen atoms in total. The number of carbonyl (C=O) groups is 1. The summed E-state index contributed by atoms with van der Waals surface area (Å²) < 4.78 is 52.0. The molecule has 0 amide bonds. The highest BCUT2D eigenvalue weighted by atomic mass is 31.2. The van der Waals surface area contributed by atoms with E-state index >= 15 is 4.39 Å². The van der Waals surface area contributed by atoms with Gasteiger partial charge in [-0.1, -0.05) is 18.2 Å². The summed E-state index contributed by atoms with van der Waals surface area (Å²) in [6.45, 7) is 5.93. The number of hydrogen-bond acceptors (Lipinski definition) is 9. The number of rotatable bonds is 11.